The molecule has 0 aliphatic carbocycles. The molecule has 1 unspecified atom stereocenters. The van der Waals surface area contributed by atoms with Crippen LogP contribution in [-0.2, 0) is 27.2 Å². The summed E-state index contributed by atoms with van der Waals surface area (Å²) in [5, 5.41) is 2.11. The van der Waals surface area contributed by atoms with Crippen LogP contribution in [0.5, 0.6) is 0 Å². The highest BCUT2D eigenvalue weighted by atomic mass is 32.1. The summed E-state index contributed by atoms with van der Waals surface area (Å²) in [7, 11) is 1.61. The number of benzene rings is 2. The molecule has 1 atom stereocenters. The minimum atomic E-state index is -0.124. The number of ether oxygens (including phenoxy) is 1. The zero-order valence-electron chi connectivity index (χ0n) is 19.2. The highest BCUT2D eigenvalue weighted by molar-refractivity contribution is 7.10. The van der Waals surface area contributed by atoms with E-state index in [1.165, 1.54) is 16.0 Å². The fourth-order valence-corrected chi connectivity index (χ4v) is 5.23. The number of fused-ring (bicyclic) bond motifs is 1. The van der Waals surface area contributed by atoms with E-state index in [0.717, 1.165) is 17.5 Å². The SMILES string of the molecule is COCCN(CC(=O)N1CCc2sccc2C1c1ccc(C)cc1)C(=O)Cc1ccccc1. The zero-order valence-corrected chi connectivity index (χ0v) is 20.0. The molecule has 33 heavy (non-hydrogen) atoms. The third-order valence-electron chi connectivity index (χ3n) is 6.12. The molecule has 5 nitrogen and oxygen atoms in total. The fraction of sp³-hybridized carbons (Fsp3) is 0.333. The molecular weight excluding hydrogens is 432 g/mol. The number of thiophene rings is 1. The van der Waals surface area contributed by atoms with Gasteiger partial charge in [-0.2, -0.15) is 0 Å². The molecule has 1 aliphatic rings. The number of methoxy groups -OCH3 is 1. The van der Waals surface area contributed by atoms with Crippen LogP contribution in [0.2, 0.25) is 0 Å². The van der Waals surface area contributed by atoms with E-state index in [-0.39, 0.29) is 30.8 Å². The topological polar surface area (TPSA) is 49.9 Å². The Morgan fingerprint density at radius 3 is 2.58 bits per heavy atom. The van der Waals surface area contributed by atoms with Gasteiger partial charge in [0.1, 0.15) is 0 Å². The molecule has 2 aromatic carbocycles. The van der Waals surface area contributed by atoms with E-state index in [9.17, 15) is 9.59 Å². The molecule has 2 heterocycles. The van der Waals surface area contributed by atoms with Gasteiger partial charge in [0.2, 0.25) is 11.8 Å². The number of hydrogen-bond acceptors (Lipinski definition) is 4. The van der Waals surface area contributed by atoms with Crippen LogP contribution in [0.25, 0.3) is 0 Å². The van der Waals surface area contributed by atoms with Crippen LogP contribution in [0.3, 0.4) is 0 Å². The molecule has 0 radical (unpaired) electrons. The van der Waals surface area contributed by atoms with Crippen molar-refractivity contribution in [2.45, 2.75) is 25.8 Å². The van der Waals surface area contributed by atoms with Crippen molar-refractivity contribution in [3.63, 3.8) is 0 Å². The Hall–Kier alpha value is -2.96. The molecule has 2 amide bonds. The summed E-state index contributed by atoms with van der Waals surface area (Å²) < 4.78 is 5.22. The molecule has 1 aromatic heterocycles. The smallest absolute Gasteiger partial charge is 0.242 e. The third-order valence-corrected chi connectivity index (χ3v) is 7.12. The van der Waals surface area contributed by atoms with E-state index >= 15 is 0 Å². The minimum Gasteiger partial charge on any atom is -0.383 e. The van der Waals surface area contributed by atoms with E-state index in [1.807, 2.05) is 35.2 Å². The molecule has 0 fully saturated rings. The highest BCUT2D eigenvalue weighted by Gasteiger charge is 2.33. The zero-order chi connectivity index (χ0) is 23.2. The van der Waals surface area contributed by atoms with E-state index in [4.69, 9.17) is 4.74 Å². The van der Waals surface area contributed by atoms with Crippen LogP contribution in [-0.4, -0.2) is 55.0 Å². The van der Waals surface area contributed by atoms with Crippen LogP contribution in [0, 0.1) is 6.92 Å². The first kappa shape index (κ1) is 23.2. The summed E-state index contributed by atoms with van der Waals surface area (Å²) >= 11 is 1.75. The summed E-state index contributed by atoms with van der Waals surface area (Å²) in [5.41, 5.74) is 4.43. The molecule has 3 aromatic rings. The van der Waals surface area contributed by atoms with Crippen molar-refractivity contribution in [3.8, 4) is 0 Å². The van der Waals surface area contributed by atoms with E-state index < -0.39 is 0 Å². The lowest BCUT2D eigenvalue weighted by Crippen LogP contribution is -2.47. The summed E-state index contributed by atoms with van der Waals surface area (Å²) in [6.45, 7) is 3.55. The predicted molar refractivity (Wildman–Crippen MR) is 131 cm³/mol. The molecule has 0 bridgehead atoms. The van der Waals surface area contributed by atoms with Crippen molar-refractivity contribution in [1.29, 1.82) is 0 Å². The number of amides is 2. The maximum Gasteiger partial charge on any atom is 0.242 e. The Balaban J connectivity index is 1.55. The lowest BCUT2D eigenvalue weighted by Gasteiger charge is -2.37. The minimum absolute atomic E-state index is 0.0325. The Labute approximate surface area is 199 Å². The Morgan fingerprint density at radius 1 is 1.09 bits per heavy atom. The molecule has 1 aliphatic heterocycles. The van der Waals surface area contributed by atoms with Gasteiger partial charge >= 0.3 is 0 Å². The van der Waals surface area contributed by atoms with E-state index in [2.05, 4.69) is 42.6 Å². The molecular formula is C27H30N2O3S. The molecule has 4 rings (SSSR count). The van der Waals surface area contributed by atoms with Crippen LogP contribution >= 0.6 is 11.3 Å². The standard InChI is InChI=1S/C27H30N2O3S/c1-20-8-10-22(11-9-20)27-23-13-17-33-24(23)12-14-29(27)26(31)19-28(15-16-32-2)25(30)18-21-6-4-3-5-7-21/h3-11,13,17,27H,12,14-16,18-19H2,1-2H3. The van der Waals surface area contributed by atoms with E-state index in [0.29, 0.717) is 19.7 Å². The second-order valence-electron chi connectivity index (χ2n) is 8.42. The van der Waals surface area contributed by atoms with Gasteiger partial charge in [-0.1, -0.05) is 60.2 Å². The fourth-order valence-electron chi connectivity index (χ4n) is 4.32. The van der Waals surface area contributed by atoms with Gasteiger partial charge in [-0.05, 0) is 41.5 Å². The first-order valence-corrected chi connectivity index (χ1v) is 12.2. The largest absolute Gasteiger partial charge is 0.383 e. The third kappa shape index (κ3) is 5.52. The normalized spacial score (nSPS) is 15.2. The Bertz CT molecular complexity index is 1080. The summed E-state index contributed by atoms with van der Waals surface area (Å²) in [4.78, 5) is 31.6. The first-order chi connectivity index (χ1) is 16.1. The molecule has 172 valence electrons. The van der Waals surface area contributed by atoms with Gasteiger partial charge in [0, 0.05) is 25.1 Å². The number of carbonyl (C=O) groups is 2. The second-order valence-corrected chi connectivity index (χ2v) is 9.42. The van der Waals surface area contributed by atoms with Gasteiger partial charge in [0.05, 0.1) is 25.6 Å². The number of aryl methyl sites for hydroxylation is 1. The van der Waals surface area contributed by atoms with Gasteiger partial charge in [0.25, 0.3) is 0 Å². The maximum atomic E-state index is 13.6. The van der Waals surface area contributed by atoms with E-state index in [1.54, 1.807) is 23.3 Å². The molecule has 6 heteroatoms. The summed E-state index contributed by atoms with van der Waals surface area (Å²) in [5.74, 6) is -0.0957. The average molecular weight is 463 g/mol. The monoisotopic (exact) mass is 462 g/mol. The van der Waals surface area contributed by atoms with Gasteiger partial charge in [-0.15, -0.1) is 11.3 Å². The number of nitrogens with zero attached hydrogens (tertiary/aromatic N) is 2. The second kappa shape index (κ2) is 10.8. The Morgan fingerprint density at radius 2 is 1.85 bits per heavy atom. The quantitative estimate of drug-likeness (QED) is 0.503. The predicted octanol–water partition coefficient (Wildman–Crippen LogP) is 4.25. The van der Waals surface area contributed by atoms with Crippen molar-refractivity contribution in [2.24, 2.45) is 0 Å². The van der Waals surface area contributed by atoms with Crippen LogP contribution < -0.4 is 0 Å². The molecule has 0 spiro atoms. The van der Waals surface area contributed by atoms with Gasteiger partial charge in [-0.25, -0.2) is 0 Å². The van der Waals surface area contributed by atoms with Crippen molar-refractivity contribution in [1.82, 2.24) is 9.80 Å². The molecule has 0 saturated heterocycles. The van der Waals surface area contributed by atoms with Crippen LogP contribution in [0.15, 0.2) is 66.0 Å². The van der Waals surface area contributed by atoms with Crippen molar-refractivity contribution in [3.05, 3.63) is 93.2 Å². The van der Waals surface area contributed by atoms with Crippen molar-refractivity contribution in [2.75, 3.05) is 33.4 Å². The first-order valence-electron chi connectivity index (χ1n) is 11.3. The molecule has 0 N–H and O–H groups in total. The number of hydrogen-bond donors (Lipinski definition) is 0. The van der Waals surface area contributed by atoms with Gasteiger partial charge < -0.3 is 14.5 Å². The van der Waals surface area contributed by atoms with Crippen LogP contribution in [0.4, 0.5) is 0 Å². The van der Waals surface area contributed by atoms with Crippen molar-refractivity contribution >= 4 is 23.2 Å². The maximum absolute atomic E-state index is 13.6. The van der Waals surface area contributed by atoms with Crippen molar-refractivity contribution < 1.29 is 14.3 Å². The Kier molecular flexibility index (Phi) is 7.57. The lowest BCUT2D eigenvalue weighted by molar-refractivity contribution is -0.141. The summed E-state index contributed by atoms with van der Waals surface area (Å²) in [6.07, 6.45) is 1.12. The summed E-state index contributed by atoms with van der Waals surface area (Å²) in [6, 6.07) is 20.0. The van der Waals surface area contributed by atoms with Gasteiger partial charge in [0.15, 0.2) is 0 Å². The number of rotatable bonds is 8. The highest BCUT2D eigenvalue weighted by Crippen LogP contribution is 2.38. The van der Waals surface area contributed by atoms with Crippen LogP contribution in [0.1, 0.15) is 33.2 Å². The molecule has 0 saturated carbocycles. The number of carbonyl (C=O) groups excluding carboxylic acids is 2. The lowest BCUT2D eigenvalue weighted by atomic mass is 9.92. The van der Waals surface area contributed by atoms with Gasteiger partial charge in [-0.3, -0.25) is 9.59 Å². The average Bonchev–Trinajstić information content (AvgIpc) is 3.31.